The minimum absolute atomic E-state index is 0.231. The van der Waals surface area contributed by atoms with Crippen LogP contribution in [0.1, 0.15) is 70.3 Å². The molecular formula is C18H25F5O. The average Bonchev–Trinajstić information content (AvgIpc) is 2.58. The summed E-state index contributed by atoms with van der Waals surface area (Å²) in [7, 11) is 0. The SMILES string of the molecule is CCCCCCCCCCCOCc1c(F)c(F)c(F)c(F)c1F. The molecule has 0 radical (unpaired) electrons. The maximum atomic E-state index is 13.4. The van der Waals surface area contributed by atoms with Crippen LogP contribution >= 0.6 is 0 Å². The van der Waals surface area contributed by atoms with Gasteiger partial charge in [-0.15, -0.1) is 0 Å². The highest BCUT2D eigenvalue weighted by molar-refractivity contribution is 5.23. The third-order valence-corrected chi connectivity index (χ3v) is 3.94. The van der Waals surface area contributed by atoms with Gasteiger partial charge in [0.25, 0.3) is 0 Å². The highest BCUT2D eigenvalue weighted by Gasteiger charge is 2.25. The summed E-state index contributed by atoms with van der Waals surface area (Å²) >= 11 is 0. The van der Waals surface area contributed by atoms with E-state index in [1.807, 2.05) is 0 Å². The molecule has 0 fully saturated rings. The van der Waals surface area contributed by atoms with Crippen molar-refractivity contribution in [3.63, 3.8) is 0 Å². The Kier molecular flexibility index (Phi) is 9.91. The molecule has 24 heavy (non-hydrogen) atoms. The van der Waals surface area contributed by atoms with E-state index in [2.05, 4.69) is 6.92 Å². The average molecular weight is 352 g/mol. The van der Waals surface area contributed by atoms with Gasteiger partial charge in [0.05, 0.1) is 12.2 Å². The maximum absolute atomic E-state index is 13.4. The van der Waals surface area contributed by atoms with Crippen LogP contribution in [0.15, 0.2) is 0 Å². The fourth-order valence-electron chi connectivity index (χ4n) is 2.47. The quantitative estimate of drug-likeness (QED) is 0.182. The Morgan fingerprint density at radius 2 is 1.00 bits per heavy atom. The van der Waals surface area contributed by atoms with Gasteiger partial charge < -0.3 is 4.74 Å². The molecule has 138 valence electrons. The second-order valence-electron chi connectivity index (χ2n) is 5.93. The summed E-state index contributed by atoms with van der Waals surface area (Å²) in [6.45, 7) is 1.78. The molecule has 0 aliphatic heterocycles. The third kappa shape index (κ3) is 6.38. The first kappa shape index (κ1) is 20.9. The third-order valence-electron chi connectivity index (χ3n) is 3.94. The lowest BCUT2D eigenvalue weighted by Gasteiger charge is -2.09. The van der Waals surface area contributed by atoms with E-state index in [4.69, 9.17) is 4.74 Å². The fourth-order valence-corrected chi connectivity index (χ4v) is 2.47. The zero-order valence-electron chi connectivity index (χ0n) is 14.1. The Bertz CT molecular complexity index is 476. The fraction of sp³-hybridized carbons (Fsp3) is 0.667. The van der Waals surface area contributed by atoms with Crippen molar-refractivity contribution in [3.8, 4) is 0 Å². The molecule has 0 bridgehead atoms. The molecule has 0 aliphatic rings. The predicted octanol–water partition coefficient (Wildman–Crippen LogP) is 6.43. The standard InChI is InChI=1S/C18H25F5O/c1-2-3-4-5-6-7-8-9-10-11-24-12-13-14(19)16(21)18(23)17(22)15(13)20/h2-12H2,1H3. The van der Waals surface area contributed by atoms with E-state index in [0.717, 1.165) is 19.3 Å². The summed E-state index contributed by atoms with van der Waals surface area (Å²) in [6.07, 6.45) is 10.0. The van der Waals surface area contributed by atoms with Gasteiger partial charge in [-0.05, 0) is 6.42 Å². The van der Waals surface area contributed by atoms with Crippen LogP contribution in [0.25, 0.3) is 0 Å². The summed E-state index contributed by atoms with van der Waals surface area (Å²) in [4.78, 5) is 0. The Balaban J connectivity index is 2.20. The van der Waals surface area contributed by atoms with Crippen molar-refractivity contribution in [2.45, 2.75) is 71.3 Å². The van der Waals surface area contributed by atoms with Crippen LogP contribution in [0.2, 0.25) is 0 Å². The summed E-state index contributed by atoms with van der Waals surface area (Å²) in [5.41, 5.74) is -0.915. The molecule has 0 aromatic heterocycles. The number of hydrogen-bond acceptors (Lipinski definition) is 1. The minimum atomic E-state index is -2.15. The summed E-state index contributed by atoms with van der Waals surface area (Å²) in [5, 5.41) is 0. The minimum Gasteiger partial charge on any atom is -0.377 e. The first-order chi connectivity index (χ1) is 11.5. The highest BCUT2D eigenvalue weighted by atomic mass is 19.2. The second kappa shape index (κ2) is 11.4. The molecule has 0 N–H and O–H groups in total. The van der Waals surface area contributed by atoms with Crippen molar-refractivity contribution in [1.82, 2.24) is 0 Å². The zero-order valence-corrected chi connectivity index (χ0v) is 14.1. The molecular weight excluding hydrogens is 327 g/mol. The first-order valence-electron chi connectivity index (χ1n) is 8.58. The van der Waals surface area contributed by atoms with Crippen LogP contribution in [0.3, 0.4) is 0 Å². The van der Waals surface area contributed by atoms with Gasteiger partial charge in [0, 0.05) is 6.61 Å². The molecule has 0 unspecified atom stereocenters. The largest absolute Gasteiger partial charge is 0.377 e. The topological polar surface area (TPSA) is 9.23 Å². The lowest BCUT2D eigenvalue weighted by molar-refractivity contribution is 0.110. The number of unbranched alkanes of at least 4 members (excludes halogenated alkanes) is 8. The number of ether oxygens (including phenoxy) is 1. The van der Waals surface area contributed by atoms with Crippen LogP contribution in [-0.4, -0.2) is 6.61 Å². The van der Waals surface area contributed by atoms with Gasteiger partial charge in [-0.3, -0.25) is 0 Å². The number of halogens is 5. The van der Waals surface area contributed by atoms with Crippen LogP contribution in [0.4, 0.5) is 22.0 Å². The molecule has 1 aromatic rings. The molecule has 0 aliphatic carbocycles. The van der Waals surface area contributed by atoms with Gasteiger partial charge in [-0.1, -0.05) is 58.3 Å². The molecule has 1 rings (SSSR count). The van der Waals surface area contributed by atoms with E-state index in [1.54, 1.807) is 0 Å². The van der Waals surface area contributed by atoms with Crippen molar-refractivity contribution in [2.24, 2.45) is 0 Å². The molecule has 0 saturated heterocycles. The predicted molar refractivity (Wildman–Crippen MR) is 83.1 cm³/mol. The van der Waals surface area contributed by atoms with Crippen molar-refractivity contribution < 1.29 is 26.7 Å². The molecule has 6 heteroatoms. The lowest BCUT2D eigenvalue weighted by atomic mass is 10.1. The van der Waals surface area contributed by atoms with Crippen molar-refractivity contribution in [2.75, 3.05) is 6.61 Å². The van der Waals surface area contributed by atoms with E-state index in [0.29, 0.717) is 6.42 Å². The zero-order chi connectivity index (χ0) is 17.9. The summed E-state index contributed by atoms with van der Waals surface area (Å²) in [5.74, 6) is -9.66. The van der Waals surface area contributed by atoms with Gasteiger partial charge in [0.15, 0.2) is 23.3 Å². The number of benzene rings is 1. The van der Waals surface area contributed by atoms with Crippen LogP contribution in [0.5, 0.6) is 0 Å². The molecule has 1 aromatic carbocycles. The van der Waals surface area contributed by atoms with E-state index in [-0.39, 0.29) is 6.61 Å². The molecule has 0 spiro atoms. The molecule has 0 amide bonds. The van der Waals surface area contributed by atoms with E-state index in [1.165, 1.54) is 32.1 Å². The van der Waals surface area contributed by atoms with Gasteiger partial charge in [0.1, 0.15) is 0 Å². The Morgan fingerprint density at radius 3 is 1.50 bits per heavy atom. The Morgan fingerprint density at radius 1 is 0.583 bits per heavy atom. The van der Waals surface area contributed by atoms with Crippen LogP contribution in [0, 0.1) is 29.1 Å². The molecule has 0 atom stereocenters. The molecule has 0 heterocycles. The Labute approximate surface area is 140 Å². The van der Waals surface area contributed by atoms with E-state index in [9.17, 15) is 22.0 Å². The van der Waals surface area contributed by atoms with Crippen LogP contribution < -0.4 is 0 Å². The smallest absolute Gasteiger partial charge is 0.200 e. The Hall–Kier alpha value is -1.17. The van der Waals surface area contributed by atoms with E-state index >= 15 is 0 Å². The first-order valence-corrected chi connectivity index (χ1v) is 8.58. The summed E-state index contributed by atoms with van der Waals surface area (Å²) < 4.78 is 70.8. The highest BCUT2D eigenvalue weighted by Crippen LogP contribution is 2.23. The molecule has 1 nitrogen and oxygen atoms in total. The second-order valence-corrected chi connectivity index (χ2v) is 5.93. The van der Waals surface area contributed by atoms with Crippen LogP contribution in [-0.2, 0) is 11.3 Å². The number of rotatable bonds is 12. The van der Waals surface area contributed by atoms with Gasteiger partial charge >= 0.3 is 0 Å². The van der Waals surface area contributed by atoms with Crippen molar-refractivity contribution >= 4 is 0 Å². The normalized spacial score (nSPS) is 11.2. The van der Waals surface area contributed by atoms with Gasteiger partial charge in [-0.2, -0.15) is 0 Å². The van der Waals surface area contributed by atoms with Gasteiger partial charge in [0.2, 0.25) is 5.82 Å². The number of hydrogen-bond donors (Lipinski definition) is 0. The van der Waals surface area contributed by atoms with Crippen molar-refractivity contribution in [3.05, 3.63) is 34.6 Å². The van der Waals surface area contributed by atoms with Gasteiger partial charge in [-0.25, -0.2) is 22.0 Å². The lowest BCUT2D eigenvalue weighted by Crippen LogP contribution is -2.09. The summed E-state index contributed by atoms with van der Waals surface area (Å²) in [6, 6.07) is 0. The maximum Gasteiger partial charge on any atom is 0.200 e. The molecule has 0 saturated carbocycles. The van der Waals surface area contributed by atoms with E-state index < -0.39 is 41.3 Å². The van der Waals surface area contributed by atoms with Crippen molar-refractivity contribution in [1.29, 1.82) is 0 Å². The monoisotopic (exact) mass is 352 g/mol.